The summed E-state index contributed by atoms with van der Waals surface area (Å²) in [6.07, 6.45) is 6.04. The van der Waals surface area contributed by atoms with Gasteiger partial charge in [-0.2, -0.15) is 0 Å². The Kier molecular flexibility index (Phi) is 6.80. The van der Waals surface area contributed by atoms with Crippen molar-refractivity contribution in [1.82, 2.24) is 19.4 Å². The lowest BCUT2D eigenvalue weighted by atomic mass is 10.1. The van der Waals surface area contributed by atoms with Gasteiger partial charge in [-0.25, -0.2) is 9.97 Å². The monoisotopic (exact) mass is 378 g/mol. The smallest absolute Gasteiger partial charge is 0.254 e. The first-order valence-corrected chi connectivity index (χ1v) is 10.3. The minimum Gasteiger partial charge on any atom is -0.331 e. The lowest BCUT2D eigenvalue weighted by molar-refractivity contribution is 0.0734. The highest BCUT2D eigenvalue weighted by Crippen LogP contribution is 2.18. The largest absolute Gasteiger partial charge is 0.331 e. The van der Waals surface area contributed by atoms with Crippen molar-refractivity contribution >= 4 is 17.1 Å². The van der Waals surface area contributed by atoms with Gasteiger partial charge >= 0.3 is 0 Å². The average molecular weight is 379 g/mol. The van der Waals surface area contributed by atoms with Crippen molar-refractivity contribution in [2.45, 2.75) is 59.5 Å². The summed E-state index contributed by atoms with van der Waals surface area (Å²) < 4.78 is 2.16. The molecule has 0 atom stereocenters. The van der Waals surface area contributed by atoms with Crippen molar-refractivity contribution in [2.24, 2.45) is 0 Å². The van der Waals surface area contributed by atoms with Crippen LogP contribution in [0.25, 0.3) is 11.2 Å². The van der Waals surface area contributed by atoms with Gasteiger partial charge in [0.2, 0.25) is 0 Å². The number of hydrogen-bond donors (Lipinski definition) is 0. The number of amides is 1. The molecule has 0 saturated carbocycles. The van der Waals surface area contributed by atoms with Crippen LogP contribution in [0.4, 0.5) is 0 Å². The van der Waals surface area contributed by atoms with E-state index in [4.69, 9.17) is 4.98 Å². The second kappa shape index (κ2) is 9.49. The molecule has 0 aliphatic rings. The van der Waals surface area contributed by atoms with Crippen LogP contribution in [-0.2, 0) is 13.1 Å². The molecule has 0 fully saturated rings. The molecule has 0 bridgehead atoms. The van der Waals surface area contributed by atoms with Crippen molar-refractivity contribution in [1.29, 1.82) is 0 Å². The second-order valence-electron chi connectivity index (χ2n) is 7.33. The third-order valence-electron chi connectivity index (χ3n) is 4.95. The summed E-state index contributed by atoms with van der Waals surface area (Å²) in [6, 6.07) is 11.7. The first-order chi connectivity index (χ1) is 13.6. The van der Waals surface area contributed by atoms with E-state index in [1.165, 1.54) is 0 Å². The van der Waals surface area contributed by atoms with E-state index in [0.717, 1.165) is 66.9 Å². The molecule has 1 aromatic carbocycles. The van der Waals surface area contributed by atoms with E-state index in [9.17, 15) is 4.79 Å². The van der Waals surface area contributed by atoms with E-state index in [0.29, 0.717) is 6.54 Å². The Morgan fingerprint density at radius 3 is 2.71 bits per heavy atom. The minimum atomic E-state index is 0.0721. The van der Waals surface area contributed by atoms with Crippen LogP contribution < -0.4 is 0 Å². The summed E-state index contributed by atoms with van der Waals surface area (Å²) in [5.74, 6) is 0.982. The quantitative estimate of drug-likeness (QED) is 0.493. The van der Waals surface area contributed by atoms with E-state index < -0.39 is 0 Å². The van der Waals surface area contributed by atoms with Crippen molar-refractivity contribution in [3.63, 3.8) is 0 Å². The van der Waals surface area contributed by atoms with E-state index in [2.05, 4.69) is 23.4 Å². The number of imidazole rings is 1. The highest BCUT2D eigenvalue weighted by molar-refractivity contribution is 5.94. The number of hydrogen-bond acceptors (Lipinski definition) is 3. The topological polar surface area (TPSA) is 51.0 Å². The van der Waals surface area contributed by atoms with Crippen LogP contribution in [0, 0.1) is 6.92 Å². The first-order valence-electron chi connectivity index (χ1n) is 10.3. The number of rotatable bonds is 9. The van der Waals surface area contributed by atoms with Gasteiger partial charge in [0.1, 0.15) is 11.3 Å². The Morgan fingerprint density at radius 2 is 1.96 bits per heavy atom. The number of aryl methyl sites for hydroxylation is 2. The SMILES string of the molecule is CCCCCN(Cc1nc2cccnc2n1CCC)C(=O)c1cccc(C)c1. The third kappa shape index (κ3) is 4.58. The van der Waals surface area contributed by atoms with Gasteiger partial charge in [-0.15, -0.1) is 0 Å². The fraction of sp³-hybridized carbons (Fsp3) is 0.435. The maximum Gasteiger partial charge on any atom is 0.254 e. The van der Waals surface area contributed by atoms with Gasteiger partial charge in [0, 0.05) is 24.8 Å². The number of pyridine rings is 1. The van der Waals surface area contributed by atoms with Gasteiger partial charge in [0.25, 0.3) is 5.91 Å². The van der Waals surface area contributed by atoms with E-state index in [1.54, 1.807) is 6.20 Å². The molecule has 0 unspecified atom stereocenters. The van der Waals surface area contributed by atoms with Crippen molar-refractivity contribution in [2.75, 3.05) is 6.54 Å². The number of carbonyl (C=O) groups is 1. The molecule has 1 amide bonds. The summed E-state index contributed by atoms with van der Waals surface area (Å²) in [6.45, 7) is 8.44. The normalized spacial score (nSPS) is 11.1. The van der Waals surface area contributed by atoms with Crippen LogP contribution in [-0.4, -0.2) is 31.9 Å². The first kappa shape index (κ1) is 20.1. The van der Waals surface area contributed by atoms with Crippen molar-refractivity contribution in [3.8, 4) is 0 Å². The summed E-state index contributed by atoms with van der Waals surface area (Å²) >= 11 is 0. The molecule has 0 saturated heterocycles. The zero-order valence-electron chi connectivity index (χ0n) is 17.2. The lowest BCUT2D eigenvalue weighted by Crippen LogP contribution is -2.32. The second-order valence-corrected chi connectivity index (χ2v) is 7.33. The molecule has 0 aliphatic carbocycles. The number of benzene rings is 1. The summed E-state index contributed by atoms with van der Waals surface area (Å²) in [7, 11) is 0. The lowest BCUT2D eigenvalue weighted by Gasteiger charge is -2.23. The molecular weight excluding hydrogens is 348 g/mol. The van der Waals surface area contributed by atoms with E-state index in [1.807, 2.05) is 48.2 Å². The predicted molar refractivity (Wildman–Crippen MR) is 113 cm³/mol. The molecule has 148 valence electrons. The maximum atomic E-state index is 13.3. The number of unbranched alkanes of at least 4 members (excludes halogenated alkanes) is 2. The highest BCUT2D eigenvalue weighted by atomic mass is 16.2. The molecule has 2 heterocycles. The van der Waals surface area contributed by atoms with Crippen LogP contribution in [0.1, 0.15) is 61.3 Å². The van der Waals surface area contributed by atoms with Crippen LogP contribution in [0.3, 0.4) is 0 Å². The summed E-state index contributed by atoms with van der Waals surface area (Å²) in [5, 5.41) is 0. The van der Waals surface area contributed by atoms with Gasteiger partial charge in [-0.05, 0) is 44.0 Å². The summed E-state index contributed by atoms with van der Waals surface area (Å²) in [4.78, 5) is 24.5. The van der Waals surface area contributed by atoms with Gasteiger partial charge in [-0.3, -0.25) is 4.79 Å². The Hall–Kier alpha value is -2.69. The molecule has 3 rings (SSSR count). The molecule has 0 radical (unpaired) electrons. The molecule has 28 heavy (non-hydrogen) atoms. The Labute approximate surface area is 167 Å². The molecule has 5 nitrogen and oxygen atoms in total. The fourth-order valence-corrected chi connectivity index (χ4v) is 3.52. The Bertz CT molecular complexity index is 931. The Morgan fingerprint density at radius 1 is 1.11 bits per heavy atom. The van der Waals surface area contributed by atoms with Crippen LogP contribution in [0.5, 0.6) is 0 Å². The molecular formula is C23H30N4O. The molecule has 0 spiro atoms. The van der Waals surface area contributed by atoms with Crippen LogP contribution in [0.2, 0.25) is 0 Å². The minimum absolute atomic E-state index is 0.0721. The number of aromatic nitrogens is 3. The third-order valence-corrected chi connectivity index (χ3v) is 4.95. The van der Waals surface area contributed by atoms with Gasteiger partial charge in [0.15, 0.2) is 5.65 Å². The zero-order valence-corrected chi connectivity index (χ0v) is 17.2. The molecule has 3 aromatic rings. The number of nitrogens with zero attached hydrogens (tertiary/aromatic N) is 4. The zero-order chi connectivity index (χ0) is 19.9. The molecule has 2 aromatic heterocycles. The van der Waals surface area contributed by atoms with Crippen molar-refractivity contribution in [3.05, 3.63) is 59.5 Å². The maximum absolute atomic E-state index is 13.3. The fourth-order valence-electron chi connectivity index (χ4n) is 3.52. The number of fused-ring (bicyclic) bond motifs is 1. The van der Waals surface area contributed by atoms with Gasteiger partial charge < -0.3 is 9.47 Å². The van der Waals surface area contributed by atoms with Gasteiger partial charge in [-0.1, -0.05) is 44.4 Å². The van der Waals surface area contributed by atoms with E-state index in [-0.39, 0.29) is 5.91 Å². The van der Waals surface area contributed by atoms with Crippen molar-refractivity contribution < 1.29 is 4.79 Å². The van der Waals surface area contributed by atoms with Crippen LogP contribution >= 0.6 is 0 Å². The summed E-state index contributed by atoms with van der Waals surface area (Å²) in [5.41, 5.74) is 3.63. The molecule has 0 N–H and O–H groups in total. The highest BCUT2D eigenvalue weighted by Gasteiger charge is 2.20. The molecule has 5 heteroatoms. The van der Waals surface area contributed by atoms with Crippen LogP contribution in [0.15, 0.2) is 42.6 Å². The molecule has 0 aliphatic heterocycles. The predicted octanol–water partition coefficient (Wildman–Crippen LogP) is 4.98. The van der Waals surface area contributed by atoms with Gasteiger partial charge in [0.05, 0.1) is 6.54 Å². The standard InChI is InChI=1S/C23H30N4O/c1-4-6-7-15-26(23(28)19-11-8-10-18(3)16-19)17-21-25-20-12-9-13-24-22(20)27(21)14-5-2/h8-13,16H,4-7,14-15,17H2,1-3H3. The Balaban J connectivity index is 1.92. The number of carbonyl (C=O) groups excluding carboxylic acids is 1. The average Bonchev–Trinajstić information content (AvgIpc) is 3.04. The van der Waals surface area contributed by atoms with E-state index >= 15 is 0 Å².